The molecule has 0 saturated heterocycles. The normalized spacial score (nSPS) is 15.5. The van der Waals surface area contributed by atoms with E-state index in [-0.39, 0.29) is 6.54 Å². The molecule has 13 heavy (non-hydrogen) atoms. The Bertz CT molecular complexity index is 176. The van der Waals surface area contributed by atoms with E-state index in [1.807, 2.05) is 5.32 Å². The molecule has 3 nitrogen and oxygen atoms in total. The summed E-state index contributed by atoms with van der Waals surface area (Å²) in [6.45, 7) is 1.33. The molecular formula is C7H13F2NO2S. The van der Waals surface area contributed by atoms with Crippen LogP contribution in [0.2, 0.25) is 0 Å². The molecule has 0 aliphatic rings. The Balaban J connectivity index is 3.80. The van der Waals surface area contributed by atoms with Gasteiger partial charge in [0.2, 0.25) is 0 Å². The molecule has 0 radical (unpaired) electrons. The first-order valence-corrected chi connectivity index (χ1v) is 5.05. The summed E-state index contributed by atoms with van der Waals surface area (Å²) in [4.78, 5) is 10.4. The predicted octanol–water partition coefficient (Wildman–Crippen LogP) is 0.482. The highest BCUT2D eigenvalue weighted by Crippen LogP contribution is 2.09. The van der Waals surface area contributed by atoms with Crippen LogP contribution in [0.3, 0.4) is 0 Å². The van der Waals surface area contributed by atoms with Gasteiger partial charge < -0.3 is 10.4 Å². The third-order valence-corrected chi connectivity index (χ3v) is 2.21. The van der Waals surface area contributed by atoms with E-state index < -0.39 is 17.9 Å². The Kier molecular flexibility index (Phi) is 5.24. The van der Waals surface area contributed by atoms with Gasteiger partial charge in [-0.1, -0.05) is 0 Å². The van der Waals surface area contributed by atoms with Gasteiger partial charge in [0.05, 0.1) is 5.60 Å². The lowest BCUT2D eigenvalue weighted by Crippen LogP contribution is -2.44. The van der Waals surface area contributed by atoms with Crippen molar-refractivity contribution >= 4 is 17.7 Å². The molecule has 0 aromatic rings. The smallest absolute Gasteiger partial charge is 0.315 e. The molecule has 0 spiro atoms. The number of halogens is 2. The van der Waals surface area contributed by atoms with Crippen molar-refractivity contribution in [3.8, 4) is 0 Å². The molecule has 0 aliphatic carbocycles. The summed E-state index contributed by atoms with van der Waals surface area (Å²) in [6.07, 6.45) is -1.24. The maximum absolute atomic E-state index is 11.7. The zero-order valence-corrected chi connectivity index (χ0v) is 8.33. The summed E-state index contributed by atoms with van der Waals surface area (Å²) in [5, 5.41) is 11.4. The third kappa shape index (κ3) is 5.81. The molecule has 1 unspecified atom stereocenters. The minimum Gasteiger partial charge on any atom is -0.387 e. The molecule has 0 heterocycles. The van der Waals surface area contributed by atoms with Crippen molar-refractivity contribution in [2.75, 3.05) is 18.6 Å². The Morgan fingerprint density at radius 3 is 2.62 bits per heavy atom. The molecule has 78 valence electrons. The Morgan fingerprint density at radius 1 is 1.69 bits per heavy atom. The molecule has 0 rings (SSSR count). The van der Waals surface area contributed by atoms with Crippen LogP contribution in [0.1, 0.15) is 6.92 Å². The number of carbonyl (C=O) groups excluding carboxylic acids is 1. The first-order chi connectivity index (χ1) is 5.89. The van der Waals surface area contributed by atoms with Crippen molar-refractivity contribution in [3.63, 3.8) is 0 Å². The molecule has 1 amide bonds. The second-order valence-electron chi connectivity index (χ2n) is 2.95. The fourth-order valence-corrected chi connectivity index (χ4v) is 1.44. The summed E-state index contributed by atoms with van der Waals surface area (Å²) >= 11 is 1.38. The van der Waals surface area contributed by atoms with Gasteiger partial charge in [-0.3, -0.25) is 4.79 Å². The fourth-order valence-electron chi connectivity index (χ4n) is 0.717. The van der Waals surface area contributed by atoms with E-state index in [0.29, 0.717) is 5.75 Å². The third-order valence-electron chi connectivity index (χ3n) is 1.30. The number of hydrogen-bond donors (Lipinski definition) is 2. The van der Waals surface area contributed by atoms with E-state index in [1.165, 1.54) is 18.7 Å². The second kappa shape index (κ2) is 5.39. The van der Waals surface area contributed by atoms with Gasteiger partial charge in [0.25, 0.3) is 5.91 Å². The zero-order valence-electron chi connectivity index (χ0n) is 7.51. The van der Waals surface area contributed by atoms with Crippen molar-refractivity contribution in [2.24, 2.45) is 0 Å². The summed E-state index contributed by atoms with van der Waals surface area (Å²) in [7, 11) is 0. The van der Waals surface area contributed by atoms with Crippen LogP contribution >= 0.6 is 11.8 Å². The molecule has 0 saturated carbocycles. The van der Waals surface area contributed by atoms with Gasteiger partial charge in [0.15, 0.2) is 0 Å². The van der Waals surface area contributed by atoms with E-state index in [2.05, 4.69) is 0 Å². The van der Waals surface area contributed by atoms with Crippen LogP contribution in [0.4, 0.5) is 8.78 Å². The summed E-state index contributed by atoms with van der Waals surface area (Å²) in [5.41, 5.74) is -1.13. The summed E-state index contributed by atoms with van der Waals surface area (Å²) < 4.78 is 23.4. The number of carbonyl (C=O) groups is 1. The highest BCUT2D eigenvalue weighted by atomic mass is 32.2. The van der Waals surface area contributed by atoms with Gasteiger partial charge >= 0.3 is 6.43 Å². The van der Waals surface area contributed by atoms with Gasteiger partial charge in [-0.15, -0.1) is 0 Å². The molecule has 0 bridgehead atoms. The van der Waals surface area contributed by atoms with Crippen LogP contribution in [0, 0.1) is 0 Å². The van der Waals surface area contributed by atoms with Crippen LogP contribution in [-0.2, 0) is 4.79 Å². The van der Waals surface area contributed by atoms with E-state index in [9.17, 15) is 18.7 Å². The number of rotatable bonds is 5. The average Bonchev–Trinajstić information content (AvgIpc) is 2.00. The van der Waals surface area contributed by atoms with Crippen LogP contribution in [0.15, 0.2) is 0 Å². The van der Waals surface area contributed by atoms with Crippen LogP contribution in [0.25, 0.3) is 0 Å². The van der Waals surface area contributed by atoms with Crippen molar-refractivity contribution in [1.29, 1.82) is 0 Å². The van der Waals surface area contributed by atoms with Gasteiger partial charge in [-0.25, -0.2) is 0 Å². The lowest BCUT2D eigenvalue weighted by Gasteiger charge is -2.22. The standard InChI is InChI=1S/C7H13F2NO2S/c1-7(12,4-13-2)3-10-6(11)5(8)9/h5,12H,3-4H2,1-2H3,(H,10,11). The Hall–Kier alpha value is -0.360. The predicted molar refractivity (Wildman–Crippen MR) is 48.0 cm³/mol. The topological polar surface area (TPSA) is 49.3 Å². The highest BCUT2D eigenvalue weighted by molar-refractivity contribution is 7.98. The number of nitrogens with one attached hydrogen (secondary N) is 1. The van der Waals surface area contributed by atoms with Gasteiger partial charge in [-0.05, 0) is 13.2 Å². The minimum atomic E-state index is -3.02. The van der Waals surface area contributed by atoms with E-state index >= 15 is 0 Å². The lowest BCUT2D eigenvalue weighted by molar-refractivity contribution is -0.132. The first-order valence-electron chi connectivity index (χ1n) is 3.66. The largest absolute Gasteiger partial charge is 0.387 e. The monoisotopic (exact) mass is 213 g/mol. The van der Waals surface area contributed by atoms with Crippen LogP contribution < -0.4 is 5.32 Å². The highest BCUT2D eigenvalue weighted by Gasteiger charge is 2.23. The van der Waals surface area contributed by atoms with Gasteiger partial charge in [0, 0.05) is 12.3 Å². The van der Waals surface area contributed by atoms with Crippen LogP contribution in [0.5, 0.6) is 0 Å². The Labute approximate surface area is 79.9 Å². The first kappa shape index (κ1) is 12.6. The molecule has 6 heteroatoms. The van der Waals surface area contributed by atoms with Gasteiger partial charge in [0.1, 0.15) is 0 Å². The maximum Gasteiger partial charge on any atom is 0.315 e. The van der Waals surface area contributed by atoms with Crippen molar-refractivity contribution in [2.45, 2.75) is 19.0 Å². The van der Waals surface area contributed by atoms with E-state index in [4.69, 9.17) is 0 Å². The number of amides is 1. The molecule has 1 atom stereocenters. The number of thioether (sulfide) groups is 1. The second-order valence-corrected chi connectivity index (χ2v) is 3.81. The summed E-state index contributed by atoms with van der Waals surface area (Å²) in [5.74, 6) is -0.961. The number of alkyl halides is 2. The minimum absolute atomic E-state index is 0.156. The van der Waals surface area contributed by atoms with E-state index in [0.717, 1.165) is 0 Å². The van der Waals surface area contributed by atoms with Crippen molar-refractivity contribution < 1.29 is 18.7 Å². The van der Waals surface area contributed by atoms with Crippen molar-refractivity contribution in [1.82, 2.24) is 5.32 Å². The Morgan fingerprint density at radius 2 is 2.23 bits per heavy atom. The fraction of sp³-hybridized carbons (Fsp3) is 0.857. The average molecular weight is 213 g/mol. The molecular weight excluding hydrogens is 200 g/mol. The molecule has 0 aliphatic heterocycles. The van der Waals surface area contributed by atoms with Gasteiger partial charge in [-0.2, -0.15) is 20.5 Å². The summed E-state index contributed by atoms with van der Waals surface area (Å²) in [6, 6.07) is 0. The molecule has 0 aromatic heterocycles. The maximum atomic E-state index is 11.7. The molecule has 0 aromatic carbocycles. The van der Waals surface area contributed by atoms with Crippen molar-refractivity contribution in [3.05, 3.63) is 0 Å². The number of aliphatic hydroxyl groups is 1. The number of hydrogen-bond acceptors (Lipinski definition) is 3. The molecule has 0 fully saturated rings. The lowest BCUT2D eigenvalue weighted by atomic mass is 10.1. The van der Waals surface area contributed by atoms with Crippen LogP contribution in [-0.4, -0.2) is 41.6 Å². The molecule has 2 N–H and O–H groups in total. The van der Waals surface area contributed by atoms with E-state index in [1.54, 1.807) is 6.26 Å². The zero-order chi connectivity index (χ0) is 10.5. The SMILES string of the molecule is CSCC(C)(O)CNC(=O)C(F)F. The quantitative estimate of drug-likeness (QED) is 0.698.